The topological polar surface area (TPSA) is 43.1 Å². The molecule has 0 aromatic rings. The molecular formula is C14H25NO. The minimum atomic E-state index is -0.277. The van der Waals surface area contributed by atoms with E-state index in [0.29, 0.717) is 0 Å². The van der Waals surface area contributed by atoms with Gasteiger partial charge in [0.2, 0.25) is 5.91 Å². The first kappa shape index (κ1) is 14.9. The highest BCUT2D eigenvalue weighted by Gasteiger charge is 2.06. The van der Waals surface area contributed by atoms with E-state index in [1.54, 1.807) is 0 Å². The Labute approximate surface area is 99.6 Å². The van der Waals surface area contributed by atoms with Crippen LogP contribution in [0.15, 0.2) is 22.8 Å². The van der Waals surface area contributed by atoms with Gasteiger partial charge in [0, 0.05) is 5.57 Å². The molecule has 0 aliphatic rings. The number of primary amides is 1. The van der Waals surface area contributed by atoms with Crippen LogP contribution in [0.4, 0.5) is 0 Å². The van der Waals surface area contributed by atoms with Gasteiger partial charge in [0.1, 0.15) is 0 Å². The van der Waals surface area contributed by atoms with Crippen molar-refractivity contribution in [1.29, 1.82) is 0 Å². The Morgan fingerprint density at radius 1 is 1.19 bits per heavy atom. The van der Waals surface area contributed by atoms with Crippen molar-refractivity contribution in [1.82, 2.24) is 0 Å². The van der Waals surface area contributed by atoms with Crippen LogP contribution in [0.5, 0.6) is 0 Å². The van der Waals surface area contributed by atoms with Crippen LogP contribution in [-0.4, -0.2) is 5.91 Å². The predicted octanol–water partition coefficient (Wildman–Crippen LogP) is 3.72. The van der Waals surface area contributed by atoms with Crippen LogP contribution in [0.25, 0.3) is 0 Å². The number of amides is 1. The minimum Gasteiger partial charge on any atom is -0.366 e. The van der Waals surface area contributed by atoms with Crippen molar-refractivity contribution in [2.24, 2.45) is 5.73 Å². The highest BCUT2D eigenvalue weighted by atomic mass is 16.1. The van der Waals surface area contributed by atoms with Gasteiger partial charge in [0.15, 0.2) is 0 Å². The molecular weight excluding hydrogens is 198 g/mol. The summed E-state index contributed by atoms with van der Waals surface area (Å²) in [4.78, 5) is 11.2. The molecule has 0 aromatic carbocycles. The van der Waals surface area contributed by atoms with Gasteiger partial charge in [-0.1, -0.05) is 37.0 Å². The highest BCUT2D eigenvalue weighted by molar-refractivity contribution is 5.92. The molecule has 0 bridgehead atoms. The second-order valence-electron chi connectivity index (χ2n) is 4.54. The number of carbonyl (C=O) groups is 1. The lowest BCUT2D eigenvalue weighted by molar-refractivity contribution is -0.114. The first-order chi connectivity index (χ1) is 7.49. The monoisotopic (exact) mass is 223 g/mol. The fourth-order valence-electron chi connectivity index (χ4n) is 1.60. The molecule has 0 rings (SSSR count). The fourth-order valence-corrected chi connectivity index (χ4v) is 1.60. The Morgan fingerprint density at radius 3 is 2.25 bits per heavy atom. The summed E-state index contributed by atoms with van der Waals surface area (Å²) in [5.41, 5.74) is 8.50. The third kappa shape index (κ3) is 6.44. The van der Waals surface area contributed by atoms with Crippen molar-refractivity contribution in [3.63, 3.8) is 0 Å². The number of hydrogen-bond donors (Lipinski definition) is 1. The zero-order chi connectivity index (χ0) is 12.6. The summed E-state index contributed by atoms with van der Waals surface area (Å²) in [5, 5.41) is 0. The zero-order valence-corrected chi connectivity index (χ0v) is 11.1. The Morgan fingerprint density at radius 2 is 1.81 bits per heavy atom. The lowest BCUT2D eigenvalue weighted by Gasteiger charge is -2.06. The van der Waals surface area contributed by atoms with E-state index in [0.717, 1.165) is 30.4 Å². The molecule has 0 heterocycles. The largest absolute Gasteiger partial charge is 0.366 e. The third-order valence-electron chi connectivity index (χ3n) is 2.72. The van der Waals surface area contributed by atoms with Crippen LogP contribution in [0, 0.1) is 0 Å². The van der Waals surface area contributed by atoms with Gasteiger partial charge in [-0.05, 0) is 40.0 Å². The second-order valence-corrected chi connectivity index (χ2v) is 4.54. The van der Waals surface area contributed by atoms with Gasteiger partial charge in [-0.15, -0.1) is 0 Å². The van der Waals surface area contributed by atoms with Crippen LogP contribution in [0.2, 0.25) is 0 Å². The summed E-state index contributed by atoms with van der Waals surface area (Å²) in [7, 11) is 0. The molecule has 0 spiro atoms. The first-order valence-corrected chi connectivity index (χ1v) is 6.10. The summed E-state index contributed by atoms with van der Waals surface area (Å²) in [6.07, 6.45) is 7.59. The Hall–Kier alpha value is -1.05. The molecule has 0 unspecified atom stereocenters. The Kier molecular flexibility index (Phi) is 7.61. The number of rotatable bonds is 7. The van der Waals surface area contributed by atoms with Crippen LogP contribution in [0.3, 0.4) is 0 Å². The van der Waals surface area contributed by atoms with Crippen molar-refractivity contribution < 1.29 is 4.79 Å². The van der Waals surface area contributed by atoms with Crippen molar-refractivity contribution in [3.05, 3.63) is 22.8 Å². The summed E-state index contributed by atoms with van der Waals surface area (Å²) < 4.78 is 0. The minimum absolute atomic E-state index is 0.277. The van der Waals surface area contributed by atoms with Crippen LogP contribution in [0.1, 0.15) is 59.8 Å². The number of carbonyl (C=O) groups excluding carboxylic acids is 1. The molecule has 0 radical (unpaired) electrons. The number of allylic oxidation sites excluding steroid dienone is 3. The van der Waals surface area contributed by atoms with Crippen LogP contribution in [-0.2, 0) is 4.79 Å². The molecule has 2 nitrogen and oxygen atoms in total. The Balaban J connectivity index is 4.17. The maximum atomic E-state index is 11.2. The molecule has 0 saturated carbocycles. The maximum Gasteiger partial charge on any atom is 0.244 e. The van der Waals surface area contributed by atoms with Gasteiger partial charge >= 0.3 is 0 Å². The van der Waals surface area contributed by atoms with Crippen LogP contribution >= 0.6 is 0 Å². The highest BCUT2D eigenvalue weighted by Crippen LogP contribution is 2.15. The molecule has 0 saturated heterocycles. The quantitative estimate of drug-likeness (QED) is 0.399. The predicted molar refractivity (Wildman–Crippen MR) is 70.1 cm³/mol. The SMILES string of the molecule is CCCC/C=C(/C)CCC(C(N)=O)=C(C)C. The normalized spacial score (nSPS) is 11.4. The fraction of sp³-hybridized carbons (Fsp3) is 0.643. The summed E-state index contributed by atoms with van der Waals surface area (Å²) in [6.45, 7) is 8.20. The molecule has 2 N–H and O–H groups in total. The van der Waals surface area contributed by atoms with Gasteiger partial charge in [0.25, 0.3) is 0 Å². The first-order valence-electron chi connectivity index (χ1n) is 6.10. The summed E-state index contributed by atoms with van der Waals surface area (Å²) in [6, 6.07) is 0. The average molecular weight is 223 g/mol. The number of unbranched alkanes of at least 4 members (excludes halogenated alkanes) is 2. The molecule has 0 aliphatic carbocycles. The molecule has 16 heavy (non-hydrogen) atoms. The average Bonchev–Trinajstić information content (AvgIpc) is 2.17. The van der Waals surface area contributed by atoms with Crippen LogP contribution < -0.4 is 5.73 Å². The van der Waals surface area contributed by atoms with Gasteiger partial charge in [-0.3, -0.25) is 4.79 Å². The van der Waals surface area contributed by atoms with Crippen molar-refractivity contribution in [2.45, 2.75) is 59.8 Å². The van der Waals surface area contributed by atoms with Crippen molar-refractivity contribution >= 4 is 5.91 Å². The van der Waals surface area contributed by atoms with Gasteiger partial charge in [-0.25, -0.2) is 0 Å². The summed E-state index contributed by atoms with van der Waals surface area (Å²) >= 11 is 0. The van der Waals surface area contributed by atoms with E-state index in [1.807, 2.05) is 13.8 Å². The van der Waals surface area contributed by atoms with Gasteiger partial charge < -0.3 is 5.73 Å². The molecule has 92 valence electrons. The van der Waals surface area contributed by atoms with E-state index >= 15 is 0 Å². The third-order valence-corrected chi connectivity index (χ3v) is 2.72. The van der Waals surface area contributed by atoms with E-state index < -0.39 is 0 Å². The van der Waals surface area contributed by atoms with Crippen molar-refractivity contribution in [3.8, 4) is 0 Å². The summed E-state index contributed by atoms with van der Waals surface area (Å²) in [5.74, 6) is -0.277. The van der Waals surface area contributed by atoms with Gasteiger partial charge in [-0.2, -0.15) is 0 Å². The molecule has 0 aromatic heterocycles. The van der Waals surface area contributed by atoms with E-state index in [1.165, 1.54) is 18.4 Å². The second kappa shape index (κ2) is 8.14. The molecule has 0 atom stereocenters. The van der Waals surface area contributed by atoms with E-state index in [4.69, 9.17) is 5.73 Å². The number of nitrogens with two attached hydrogens (primary N) is 1. The van der Waals surface area contributed by atoms with Crippen molar-refractivity contribution in [2.75, 3.05) is 0 Å². The maximum absolute atomic E-state index is 11.2. The van der Waals surface area contributed by atoms with Gasteiger partial charge in [0.05, 0.1) is 0 Å². The Bertz CT molecular complexity index is 283. The zero-order valence-electron chi connectivity index (χ0n) is 11.1. The molecule has 0 fully saturated rings. The molecule has 1 amide bonds. The van der Waals surface area contributed by atoms with E-state index in [2.05, 4.69) is 19.9 Å². The standard InChI is InChI=1S/C14H25NO/c1-5-6-7-8-12(4)9-10-13(11(2)3)14(15)16/h8H,5-7,9-10H2,1-4H3,(H2,15,16)/b12-8-. The smallest absolute Gasteiger partial charge is 0.244 e. The lowest BCUT2D eigenvalue weighted by Crippen LogP contribution is -2.15. The lowest BCUT2D eigenvalue weighted by atomic mass is 10.0. The van der Waals surface area contributed by atoms with E-state index in [9.17, 15) is 4.79 Å². The number of hydrogen-bond acceptors (Lipinski definition) is 1. The molecule has 0 aliphatic heterocycles. The molecule has 2 heteroatoms. The van der Waals surface area contributed by atoms with E-state index in [-0.39, 0.29) is 5.91 Å².